The van der Waals surface area contributed by atoms with Gasteiger partial charge < -0.3 is 9.47 Å². The summed E-state index contributed by atoms with van der Waals surface area (Å²) in [5.41, 5.74) is 1.97. The molecule has 1 heterocycles. The fourth-order valence-corrected chi connectivity index (χ4v) is 4.42. The Hall–Kier alpha value is -3.36. The van der Waals surface area contributed by atoms with Crippen molar-refractivity contribution in [1.82, 2.24) is 4.90 Å². The van der Waals surface area contributed by atoms with Gasteiger partial charge in [0.25, 0.3) is 11.1 Å². The molecule has 166 valence electrons. The topological polar surface area (TPSA) is 72.9 Å². The van der Waals surface area contributed by atoms with Crippen LogP contribution in [0, 0.1) is 0 Å². The molecule has 1 fully saturated rings. The number of carbonyl (C=O) groups is 3. The minimum Gasteiger partial charge on any atom is -0.497 e. The standard InChI is InChI=1S/C25H18BrNO5S/c1-31-20-11-7-18(8-12-20)24(29)32-21-9-5-16(6-10-21)14-22-23(28)27(25(30)33-22)15-17-3-2-4-19(26)13-17/h2-14H,15H2,1H3/b22-14+. The van der Waals surface area contributed by atoms with Crippen LogP contribution >= 0.6 is 27.7 Å². The highest BCUT2D eigenvalue weighted by Gasteiger charge is 2.35. The third kappa shape index (κ3) is 5.53. The van der Waals surface area contributed by atoms with Gasteiger partial charge in [-0.25, -0.2) is 4.79 Å². The molecule has 3 aromatic carbocycles. The molecular weight excluding hydrogens is 506 g/mol. The molecule has 33 heavy (non-hydrogen) atoms. The number of methoxy groups -OCH3 is 1. The Morgan fingerprint density at radius 3 is 2.36 bits per heavy atom. The lowest BCUT2D eigenvalue weighted by molar-refractivity contribution is -0.123. The highest BCUT2D eigenvalue weighted by molar-refractivity contribution is 9.10. The first-order chi connectivity index (χ1) is 15.9. The van der Waals surface area contributed by atoms with Crippen LogP contribution in [0.15, 0.2) is 82.2 Å². The Morgan fingerprint density at radius 2 is 1.70 bits per heavy atom. The summed E-state index contributed by atoms with van der Waals surface area (Å²) >= 11 is 4.30. The SMILES string of the molecule is COc1ccc(C(=O)Oc2ccc(/C=C3/SC(=O)N(Cc4cccc(Br)c4)C3=O)cc2)cc1. The predicted molar refractivity (Wildman–Crippen MR) is 130 cm³/mol. The van der Waals surface area contributed by atoms with Gasteiger partial charge in [-0.1, -0.05) is 40.2 Å². The average molecular weight is 524 g/mol. The molecule has 0 radical (unpaired) electrons. The number of carbonyl (C=O) groups excluding carboxylic acids is 3. The van der Waals surface area contributed by atoms with Crippen molar-refractivity contribution in [3.05, 3.63) is 98.9 Å². The maximum absolute atomic E-state index is 12.8. The Labute approximate surface area is 203 Å². The van der Waals surface area contributed by atoms with Crippen molar-refractivity contribution >= 4 is 50.9 Å². The van der Waals surface area contributed by atoms with Gasteiger partial charge in [0.1, 0.15) is 11.5 Å². The number of nitrogens with zero attached hydrogens (tertiary/aromatic N) is 1. The van der Waals surface area contributed by atoms with Crippen molar-refractivity contribution in [2.75, 3.05) is 7.11 Å². The normalized spacial score (nSPS) is 14.6. The fourth-order valence-electron chi connectivity index (χ4n) is 3.13. The molecule has 8 heteroatoms. The van der Waals surface area contributed by atoms with Crippen LogP contribution in [0.1, 0.15) is 21.5 Å². The third-order valence-electron chi connectivity index (χ3n) is 4.82. The van der Waals surface area contributed by atoms with Gasteiger partial charge in [-0.05, 0) is 77.5 Å². The Kier molecular flexibility index (Phi) is 6.96. The lowest BCUT2D eigenvalue weighted by Gasteiger charge is -2.12. The zero-order valence-corrected chi connectivity index (χ0v) is 19.9. The number of thioether (sulfide) groups is 1. The molecule has 4 rings (SSSR count). The van der Waals surface area contributed by atoms with Gasteiger partial charge in [-0.2, -0.15) is 0 Å². The van der Waals surface area contributed by atoms with Crippen LogP contribution in [0.2, 0.25) is 0 Å². The molecule has 0 unspecified atom stereocenters. The molecular formula is C25H18BrNO5S. The molecule has 2 amide bonds. The van der Waals surface area contributed by atoms with Crippen molar-refractivity contribution in [2.45, 2.75) is 6.54 Å². The minimum absolute atomic E-state index is 0.210. The molecule has 0 bridgehead atoms. The van der Waals surface area contributed by atoms with Gasteiger partial charge in [0.15, 0.2) is 0 Å². The van der Waals surface area contributed by atoms with E-state index in [4.69, 9.17) is 9.47 Å². The summed E-state index contributed by atoms with van der Waals surface area (Å²) in [6.45, 7) is 0.210. The Morgan fingerprint density at radius 1 is 1.00 bits per heavy atom. The van der Waals surface area contributed by atoms with Gasteiger partial charge in [-0.15, -0.1) is 0 Å². The quantitative estimate of drug-likeness (QED) is 0.227. The second-order valence-corrected chi connectivity index (χ2v) is 8.99. The van der Waals surface area contributed by atoms with E-state index in [0.29, 0.717) is 27.5 Å². The maximum atomic E-state index is 12.8. The Bertz CT molecular complexity index is 1240. The number of hydrogen-bond donors (Lipinski definition) is 0. The lowest BCUT2D eigenvalue weighted by atomic mass is 10.2. The molecule has 0 N–H and O–H groups in total. The third-order valence-corrected chi connectivity index (χ3v) is 6.22. The van der Waals surface area contributed by atoms with E-state index in [9.17, 15) is 14.4 Å². The van der Waals surface area contributed by atoms with E-state index >= 15 is 0 Å². The van der Waals surface area contributed by atoms with Crippen molar-refractivity contribution < 1.29 is 23.9 Å². The van der Waals surface area contributed by atoms with Crippen LogP contribution in [0.4, 0.5) is 4.79 Å². The molecule has 1 saturated heterocycles. The molecule has 1 aliphatic heterocycles. The largest absolute Gasteiger partial charge is 0.497 e. The summed E-state index contributed by atoms with van der Waals surface area (Å²) in [6.07, 6.45) is 1.65. The van der Waals surface area contributed by atoms with Crippen molar-refractivity contribution in [2.24, 2.45) is 0 Å². The summed E-state index contributed by atoms with van der Waals surface area (Å²) < 4.78 is 11.4. The van der Waals surface area contributed by atoms with Crippen LogP contribution in [-0.4, -0.2) is 29.1 Å². The first-order valence-electron chi connectivity index (χ1n) is 9.89. The zero-order valence-electron chi connectivity index (χ0n) is 17.5. The number of hydrogen-bond acceptors (Lipinski definition) is 6. The zero-order chi connectivity index (χ0) is 23.4. The van der Waals surface area contributed by atoms with E-state index in [1.807, 2.05) is 24.3 Å². The lowest BCUT2D eigenvalue weighted by Crippen LogP contribution is -2.27. The number of amides is 2. The highest BCUT2D eigenvalue weighted by Crippen LogP contribution is 2.33. The van der Waals surface area contributed by atoms with Gasteiger partial charge in [0, 0.05) is 4.47 Å². The summed E-state index contributed by atoms with van der Waals surface area (Å²) in [4.78, 5) is 39.0. The number of benzene rings is 3. The van der Waals surface area contributed by atoms with E-state index in [1.165, 1.54) is 4.90 Å². The molecule has 3 aromatic rings. The Balaban J connectivity index is 1.42. The van der Waals surface area contributed by atoms with Crippen LogP contribution in [0.25, 0.3) is 6.08 Å². The van der Waals surface area contributed by atoms with Gasteiger partial charge in [0.2, 0.25) is 0 Å². The first kappa shape index (κ1) is 22.8. The summed E-state index contributed by atoms with van der Waals surface area (Å²) in [5.74, 6) is 0.201. The van der Waals surface area contributed by atoms with Crippen molar-refractivity contribution in [3.8, 4) is 11.5 Å². The molecule has 1 aliphatic rings. The van der Waals surface area contributed by atoms with E-state index in [2.05, 4.69) is 15.9 Å². The van der Waals surface area contributed by atoms with Crippen LogP contribution in [0.3, 0.4) is 0 Å². The first-order valence-corrected chi connectivity index (χ1v) is 11.5. The van der Waals surface area contributed by atoms with E-state index < -0.39 is 5.97 Å². The summed E-state index contributed by atoms with van der Waals surface area (Å²) in [5, 5.41) is -0.309. The fraction of sp³-hybridized carbons (Fsp3) is 0.0800. The second-order valence-electron chi connectivity index (χ2n) is 7.08. The van der Waals surface area contributed by atoms with Crippen LogP contribution < -0.4 is 9.47 Å². The van der Waals surface area contributed by atoms with Crippen molar-refractivity contribution in [1.29, 1.82) is 0 Å². The number of halogens is 1. The molecule has 0 saturated carbocycles. The molecule has 0 aliphatic carbocycles. The van der Waals surface area contributed by atoms with Gasteiger partial charge in [0.05, 0.1) is 24.1 Å². The summed E-state index contributed by atoms with van der Waals surface area (Å²) in [6, 6.07) is 20.8. The maximum Gasteiger partial charge on any atom is 0.343 e. The molecule has 0 spiro atoms. The van der Waals surface area contributed by atoms with Gasteiger partial charge >= 0.3 is 5.97 Å². The highest BCUT2D eigenvalue weighted by atomic mass is 79.9. The molecule has 0 atom stereocenters. The predicted octanol–water partition coefficient (Wildman–Crippen LogP) is 5.91. The van der Waals surface area contributed by atoms with Crippen LogP contribution in [0.5, 0.6) is 11.5 Å². The smallest absolute Gasteiger partial charge is 0.343 e. The second kappa shape index (κ2) is 10.1. The number of rotatable bonds is 6. The number of esters is 1. The van der Waals surface area contributed by atoms with Gasteiger partial charge in [-0.3, -0.25) is 14.5 Å². The van der Waals surface area contributed by atoms with E-state index in [1.54, 1.807) is 61.7 Å². The molecule has 6 nitrogen and oxygen atoms in total. The molecule has 0 aromatic heterocycles. The van der Waals surface area contributed by atoms with E-state index in [-0.39, 0.29) is 17.7 Å². The van der Waals surface area contributed by atoms with Crippen LogP contribution in [-0.2, 0) is 11.3 Å². The number of imide groups is 1. The monoisotopic (exact) mass is 523 g/mol. The average Bonchev–Trinajstić information content (AvgIpc) is 3.07. The summed E-state index contributed by atoms with van der Waals surface area (Å²) in [7, 11) is 1.55. The van der Waals surface area contributed by atoms with E-state index in [0.717, 1.165) is 21.8 Å². The van der Waals surface area contributed by atoms with Crippen molar-refractivity contribution in [3.63, 3.8) is 0 Å². The minimum atomic E-state index is -0.487. The number of ether oxygens (including phenoxy) is 2.